The summed E-state index contributed by atoms with van der Waals surface area (Å²) in [7, 11) is 1.67. The third kappa shape index (κ3) is 3.22. The van der Waals surface area contributed by atoms with Crippen molar-refractivity contribution in [1.29, 1.82) is 0 Å². The van der Waals surface area contributed by atoms with E-state index < -0.39 is 5.54 Å². The number of carbonyl (C=O) groups is 2. The maximum absolute atomic E-state index is 12.5. The third-order valence-corrected chi connectivity index (χ3v) is 4.56. The van der Waals surface area contributed by atoms with Crippen LogP contribution in [0.2, 0.25) is 0 Å². The molecule has 0 unspecified atom stereocenters. The van der Waals surface area contributed by atoms with E-state index in [1.807, 2.05) is 12.1 Å². The van der Waals surface area contributed by atoms with E-state index in [2.05, 4.69) is 20.9 Å². The number of furan rings is 1. The van der Waals surface area contributed by atoms with Crippen LogP contribution in [0.25, 0.3) is 0 Å². The highest BCUT2D eigenvalue weighted by atomic mass is 16.3. The lowest BCUT2D eigenvalue weighted by Crippen LogP contribution is -2.45. The standard InChI is InChI=1S/C16H23N5O3/c1-17-14(19-11-12-5-4-10-24-12)18-8-9-21-13(22)16(20-15(21)23)6-2-3-7-16/h4-5,10H,2-3,6-9,11H2,1H3,(H,20,23)(H2,17,18,19). The average molecular weight is 333 g/mol. The summed E-state index contributed by atoms with van der Waals surface area (Å²) in [5.41, 5.74) is -0.643. The zero-order valence-corrected chi connectivity index (χ0v) is 13.8. The molecule has 3 amide bonds. The molecule has 1 aromatic rings. The van der Waals surface area contributed by atoms with Crippen molar-refractivity contribution >= 4 is 17.9 Å². The van der Waals surface area contributed by atoms with Crippen molar-refractivity contribution in [3.63, 3.8) is 0 Å². The molecule has 3 rings (SSSR count). The molecule has 2 heterocycles. The summed E-state index contributed by atoms with van der Waals surface area (Å²) in [6.45, 7) is 1.26. The van der Waals surface area contributed by atoms with Crippen molar-refractivity contribution in [2.24, 2.45) is 4.99 Å². The predicted molar refractivity (Wildman–Crippen MR) is 88.4 cm³/mol. The number of aliphatic imine (C=N–C) groups is 1. The van der Waals surface area contributed by atoms with Crippen LogP contribution in [0.4, 0.5) is 4.79 Å². The minimum atomic E-state index is -0.643. The van der Waals surface area contributed by atoms with Crippen LogP contribution in [0, 0.1) is 0 Å². The van der Waals surface area contributed by atoms with E-state index in [0.717, 1.165) is 31.4 Å². The van der Waals surface area contributed by atoms with Crippen LogP contribution in [-0.4, -0.2) is 48.5 Å². The van der Waals surface area contributed by atoms with Gasteiger partial charge in [-0.15, -0.1) is 0 Å². The third-order valence-electron chi connectivity index (χ3n) is 4.56. The molecule has 2 fully saturated rings. The van der Waals surface area contributed by atoms with Crippen LogP contribution >= 0.6 is 0 Å². The van der Waals surface area contributed by atoms with Crippen molar-refractivity contribution in [3.05, 3.63) is 24.2 Å². The molecule has 3 N–H and O–H groups in total. The summed E-state index contributed by atoms with van der Waals surface area (Å²) in [6.07, 6.45) is 5.08. The van der Waals surface area contributed by atoms with Gasteiger partial charge in [0, 0.05) is 20.1 Å². The van der Waals surface area contributed by atoms with Gasteiger partial charge in [-0.25, -0.2) is 4.79 Å². The maximum Gasteiger partial charge on any atom is 0.325 e. The molecule has 130 valence electrons. The molecule has 0 atom stereocenters. The van der Waals surface area contributed by atoms with Crippen LogP contribution in [0.15, 0.2) is 27.8 Å². The van der Waals surface area contributed by atoms with Crippen molar-refractivity contribution in [3.8, 4) is 0 Å². The normalized spacial score (nSPS) is 19.9. The lowest BCUT2D eigenvalue weighted by atomic mass is 9.98. The minimum absolute atomic E-state index is 0.0923. The highest BCUT2D eigenvalue weighted by Gasteiger charge is 2.52. The van der Waals surface area contributed by atoms with E-state index in [1.54, 1.807) is 13.3 Å². The predicted octanol–water partition coefficient (Wildman–Crippen LogP) is 0.809. The largest absolute Gasteiger partial charge is 0.467 e. The number of nitrogens with zero attached hydrogens (tertiary/aromatic N) is 2. The first-order valence-electron chi connectivity index (χ1n) is 8.26. The van der Waals surface area contributed by atoms with E-state index in [1.165, 1.54) is 4.90 Å². The summed E-state index contributed by atoms with van der Waals surface area (Å²) in [4.78, 5) is 30.0. The smallest absolute Gasteiger partial charge is 0.325 e. The number of nitrogens with one attached hydrogen (secondary N) is 3. The first-order chi connectivity index (χ1) is 11.6. The van der Waals surface area contributed by atoms with Crippen LogP contribution < -0.4 is 16.0 Å². The van der Waals surface area contributed by atoms with E-state index in [-0.39, 0.29) is 11.9 Å². The first kappa shape index (κ1) is 16.4. The van der Waals surface area contributed by atoms with Crippen LogP contribution in [0.3, 0.4) is 0 Å². The van der Waals surface area contributed by atoms with Gasteiger partial charge in [-0.05, 0) is 25.0 Å². The average Bonchev–Trinajstić information content (AvgIpc) is 3.29. The molecular formula is C16H23N5O3. The summed E-state index contributed by atoms with van der Waals surface area (Å²) in [5.74, 6) is 1.30. The van der Waals surface area contributed by atoms with Crippen molar-refractivity contribution in [1.82, 2.24) is 20.9 Å². The second-order valence-corrected chi connectivity index (χ2v) is 6.11. The topological polar surface area (TPSA) is 99.0 Å². The van der Waals surface area contributed by atoms with E-state index in [0.29, 0.717) is 25.6 Å². The Hall–Kier alpha value is -2.51. The molecule has 1 aliphatic carbocycles. The Kier molecular flexibility index (Phi) is 4.73. The van der Waals surface area contributed by atoms with Gasteiger partial charge >= 0.3 is 6.03 Å². The zero-order valence-electron chi connectivity index (χ0n) is 13.8. The second kappa shape index (κ2) is 6.94. The van der Waals surface area contributed by atoms with Gasteiger partial charge in [0.2, 0.25) is 0 Å². The molecule has 24 heavy (non-hydrogen) atoms. The molecule has 2 aliphatic rings. The Balaban J connectivity index is 1.46. The van der Waals surface area contributed by atoms with Crippen LogP contribution in [0.1, 0.15) is 31.4 Å². The molecule has 1 saturated heterocycles. The number of imide groups is 1. The van der Waals surface area contributed by atoms with Crippen molar-refractivity contribution < 1.29 is 14.0 Å². The molecule has 8 heteroatoms. The molecule has 8 nitrogen and oxygen atoms in total. The van der Waals surface area contributed by atoms with Gasteiger partial charge in [0.1, 0.15) is 11.3 Å². The molecule has 1 saturated carbocycles. The SMILES string of the molecule is CN=C(NCCN1C(=O)NC2(CCCC2)C1=O)NCc1ccco1. The summed E-state index contributed by atoms with van der Waals surface area (Å²) < 4.78 is 5.24. The van der Waals surface area contributed by atoms with Crippen molar-refractivity contribution in [2.45, 2.75) is 37.8 Å². The Morgan fingerprint density at radius 3 is 2.83 bits per heavy atom. The molecule has 1 aliphatic heterocycles. The van der Waals surface area contributed by atoms with Gasteiger partial charge < -0.3 is 20.4 Å². The summed E-state index contributed by atoms with van der Waals surface area (Å²) in [6, 6.07) is 3.40. The maximum atomic E-state index is 12.5. The summed E-state index contributed by atoms with van der Waals surface area (Å²) in [5, 5.41) is 9.09. The van der Waals surface area contributed by atoms with Crippen LogP contribution in [0.5, 0.6) is 0 Å². The van der Waals surface area contributed by atoms with Crippen molar-refractivity contribution in [2.75, 3.05) is 20.1 Å². The van der Waals surface area contributed by atoms with Crippen LogP contribution in [-0.2, 0) is 11.3 Å². The molecule has 0 aromatic carbocycles. The number of amides is 3. The number of rotatable bonds is 5. The quantitative estimate of drug-likeness (QED) is 0.421. The fourth-order valence-electron chi connectivity index (χ4n) is 3.29. The number of urea groups is 1. The highest BCUT2D eigenvalue weighted by molar-refractivity contribution is 6.07. The number of hydrogen-bond acceptors (Lipinski definition) is 4. The van der Waals surface area contributed by atoms with E-state index in [4.69, 9.17) is 4.42 Å². The van der Waals surface area contributed by atoms with E-state index in [9.17, 15) is 9.59 Å². The van der Waals surface area contributed by atoms with Gasteiger partial charge in [0.25, 0.3) is 5.91 Å². The van der Waals surface area contributed by atoms with Gasteiger partial charge in [0.15, 0.2) is 5.96 Å². The second-order valence-electron chi connectivity index (χ2n) is 6.11. The van der Waals surface area contributed by atoms with E-state index >= 15 is 0 Å². The fraction of sp³-hybridized carbons (Fsp3) is 0.562. The first-order valence-corrected chi connectivity index (χ1v) is 8.26. The number of guanidine groups is 1. The number of hydrogen-bond donors (Lipinski definition) is 3. The van der Waals surface area contributed by atoms with Gasteiger partial charge in [0.05, 0.1) is 12.8 Å². The Bertz CT molecular complexity index is 620. The summed E-state index contributed by atoms with van der Waals surface area (Å²) >= 11 is 0. The Labute approximate surface area is 140 Å². The fourth-order valence-corrected chi connectivity index (χ4v) is 3.29. The molecule has 1 aromatic heterocycles. The minimum Gasteiger partial charge on any atom is -0.467 e. The Morgan fingerprint density at radius 2 is 2.17 bits per heavy atom. The van der Waals surface area contributed by atoms with Gasteiger partial charge in [-0.1, -0.05) is 12.8 Å². The molecular weight excluding hydrogens is 310 g/mol. The van der Waals surface area contributed by atoms with Gasteiger partial charge in [-0.2, -0.15) is 0 Å². The van der Waals surface area contributed by atoms with Gasteiger partial charge in [-0.3, -0.25) is 14.7 Å². The lowest BCUT2D eigenvalue weighted by molar-refractivity contribution is -0.131. The monoisotopic (exact) mass is 333 g/mol. The molecule has 0 bridgehead atoms. The highest BCUT2D eigenvalue weighted by Crippen LogP contribution is 2.34. The number of carbonyl (C=O) groups excluding carboxylic acids is 2. The molecule has 0 radical (unpaired) electrons. The Morgan fingerprint density at radius 1 is 1.38 bits per heavy atom. The zero-order chi connectivity index (χ0) is 17.0. The molecule has 1 spiro atoms. The lowest BCUT2D eigenvalue weighted by Gasteiger charge is -2.20.